The van der Waals surface area contributed by atoms with Crippen molar-refractivity contribution in [2.24, 2.45) is 5.73 Å². The molecule has 0 aliphatic heterocycles. The van der Waals surface area contributed by atoms with E-state index in [4.69, 9.17) is 15.4 Å². The minimum atomic E-state index is -0.592. The maximum atomic E-state index is 9.62. The molecule has 7 heteroatoms. The Balaban J connectivity index is 1.67. The summed E-state index contributed by atoms with van der Waals surface area (Å²) in [6.45, 7) is -0.0521. The van der Waals surface area contributed by atoms with Crippen LogP contribution < -0.4 is 5.73 Å². The van der Waals surface area contributed by atoms with Gasteiger partial charge in [0.25, 0.3) is 0 Å². The van der Waals surface area contributed by atoms with Gasteiger partial charge >= 0.3 is 0 Å². The Labute approximate surface area is 155 Å². The Kier molecular flexibility index (Phi) is 4.15. The van der Waals surface area contributed by atoms with Gasteiger partial charge in [0.2, 0.25) is 11.8 Å². The second-order valence-corrected chi connectivity index (χ2v) is 6.94. The molecule has 4 N–H and O–H groups in total. The number of aromatic hydroxyl groups is 1. The van der Waals surface area contributed by atoms with E-state index < -0.39 is 5.54 Å². The molecule has 0 saturated heterocycles. The van der Waals surface area contributed by atoms with Crippen LogP contribution in [0, 0.1) is 11.3 Å². The average molecular weight is 362 g/mol. The minimum absolute atomic E-state index is 0.0521. The normalized spacial score (nSPS) is 18.7. The molecule has 2 aromatic carbocycles. The summed E-state index contributed by atoms with van der Waals surface area (Å²) in [6.07, 6.45) is 2.17. The molecule has 1 heterocycles. The van der Waals surface area contributed by atoms with E-state index in [-0.39, 0.29) is 23.8 Å². The molecule has 0 spiro atoms. The number of hydrogen-bond donors (Lipinski definition) is 3. The van der Waals surface area contributed by atoms with Crippen molar-refractivity contribution in [1.29, 1.82) is 5.26 Å². The quantitative estimate of drug-likeness (QED) is 0.651. The van der Waals surface area contributed by atoms with Gasteiger partial charge in [0.1, 0.15) is 11.8 Å². The number of nitriles is 1. The van der Waals surface area contributed by atoms with Gasteiger partial charge in [-0.3, -0.25) is 0 Å². The number of nitrogens with zero attached hydrogens (tertiary/aromatic N) is 3. The van der Waals surface area contributed by atoms with E-state index in [0.717, 1.165) is 24.0 Å². The van der Waals surface area contributed by atoms with E-state index >= 15 is 0 Å². The van der Waals surface area contributed by atoms with Crippen molar-refractivity contribution in [2.75, 3.05) is 6.61 Å². The van der Waals surface area contributed by atoms with Crippen molar-refractivity contribution in [1.82, 2.24) is 10.2 Å². The molecule has 136 valence electrons. The molecule has 0 bridgehead atoms. The van der Waals surface area contributed by atoms with Crippen molar-refractivity contribution in [2.45, 2.75) is 24.8 Å². The number of rotatable bonds is 3. The summed E-state index contributed by atoms with van der Waals surface area (Å²) in [4.78, 5) is 0. The summed E-state index contributed by atoms with van der Waals surface area (Å²) < 4.78 is 5.77. The standard InChI is InChI=1S/C20H18N4O3/c21-10-16-8-14(3-4-17(16)26)19-24-23-18(27-19)13-2-1-12-5-6-20(22,11-25)9-15(12)7-13/h1-4,7-8,25-26H,5-6,9,11,22H2/t20-/m0/s1. The van der Waals surface area contributed by atoms with E-state index in [2.05, 4.69) is 10.2 Å². The fourth-order valence-corrected chi connectivity index (χ4v) is 3.37. The second-order valence-electron chi connectivity index (χ2n) is 6.94. The van der Waals surface area contributed by atoms with Crippen LogP contribution in [0.3, 0.4) is 0 Å². The predicted octanol–water partition coefficient (Wildman–Crippen LogP) is 2.16. The first-order chi connectivity index (χ1) is 13.0. The van der Waals surface area contributed by atoms with Crippen LogP contribution >= 0.6 is 0 Å². The number of phenols is 1. The zero-order valence-corrected chi connectivity index (χ0v) is 14.5. The molecule has 1 aromatic heterocycles. The molecule has 27 heavy (non-hydrogen) atoms. The third kappa shape index (κ3) is 3.16. The molecule has 3 aromatic rings. The van der Waals surface area contributed by atoms with Crippen LogP contribution in [0.15, 0.2) is 40.8 Å². The first-order valence-corrected chi connectivity index (χ1v) is 8.60. The van der Waals surface area contributed by atoms with Crippen molar-refractivity contribution >= 4 is 0 Å². The molecule has 4 rings (SSSR count). The van der Waals surface area contributed by atoms with Crippen LogP contribution in [0.1, 0.15) is 23.1 Å². The molecule has 0 fully saturated rings. The smallest absolute Gasteiger partial charge is 0.248 e. The Hall–Kier alpha value is -3.21. The van der Waals surface area contributed by atoms with E-state index in [1.54, 1.807) is 6.07 Å². The molecule has 0 unspecified atom stereocenters. The van der Waals surface area contributed by atoms with E-state index in [0.29, 0.717) is 17.9 Å². The van der Waals surface area contributed by atoms with Crippen LogP contribution in [-0.2, 0) is 12.8 Å². The Morgan fingerprint density at radius 2 is 1.81 bits per heavy atom. The van der Waals surface area contributed by atoms with Crippen LogP contribution in [0.5, 0.6) is 5.75 Å². The minimum Gasteiger partial charge on any atom is -0.507 e. The van der Waals surface area contributed by atoms with Crippen molar-refractivity contribution in [3.8, 4) is 34.7 Å². The van der Waals surface area contributed by atoms with Gasteiger partial charge in [0, 0.05) is 16.7 Å². The third-order valence-corrected chi connectivity index (χ3v) is 4.99. The van der Waals surface area contributed by atoms with Gasteiger partial charge in [-0.2, -0.15) is 5.26 Å². The number of aliphatic hydroxyl groups is 1. The van der Waals surface area contributed by atoms with Gasteiger partial charge in [0.05, 0.1) is 12.2 Å². The summed E-state index contributed by atoms with van der Waals surface area (Å²) in [5.74, 6) is 0.532. The number of nitrogens with two attached hydrogens (primary N) is 1. The highest BCUT2D eigenvalue weighted by molar-refractivity contribution is 5.62. The number of fused-ring (bicyclic) bond motifs is 1. The monoisotopic (exact) mass is 362 g/mol. The molecule has 1 aliphatic carbocycles. The zero-order chi connectivity index (χ0) is 19.0. The number of hydrogen-bond acceptors (Lipinski definition) is 7. The summed E-state index contributed by atoms with van der Waals surface area (Å²) in [5, 5.41) is 36.4. The average Bonchev–Trinajstić information content (AvgIpc) is 3.18. The Morgan fingerprint density at radius 1 is 1.11 bits per heavy atom. The van der Waals surface area contributed by atoms with Crippen LogP contribution in [0.2, 0.25) is 0 Å². The Bertz CT molecular complexity index is 1050. The third-order valence-electron chi connectivity index (χ3n) is 4.99. The molecular formula is C20H18N4O3. The second kappa shape index (κ2) is 6.50. The van der Waals surface area contributed by atoms with Gasteiger partial charge in [0.15, 0.2) is 0 Å². The highest BCUT2D eigenvalue weighted by Crippen LogP contribution is 2.32. The maximum absolute atomic E-state index is 9.62. The summed E-state index contributed by atoms with van der Waals surface area (Å²) in [7, 11) is 0. The van der Waals surface area contributed by atoms with E-state index in [1.165, 1.54) is 17.7 Å². The zero-order valence-electron chi connectivity index (χ0n) is 14.5. The molecule has 0 saturated carbocycles. The predicted molar refractivity (Wildman–Crippen MR) is 97.6 cm³/mol. The fraction of sp³-hybridized carbons (Fsp3) is 0.250. The number of benzene rings is 2. The SMILES string of the molecule is N#Cc1cc(-c2nnc(-c3ccc4c(c3)C[C@](N)(CO)CC4)o2)ccc1O. The van der Waals surface area contributed by atoms with Gasteiger partial charge < -0.3 is 20.4 Å². The number of aryl methyl sites for hydroxylation is 1. The van der Waals surface area contributed by atoms with Crippen LogP contribution in [-0.4, -0.2) is 32.6 Å². The lowest BCUT2D eigenvalue weighted by atomic mass is 9.78. The summed E-state index contributed by atoms with van der Waals surface area (Å²) >= 11 is 0. The van der Waals surface area contributed by atoms with Gasteiger partial charge in [-0.25, -0.2) is 0 Å². The number of aromatic nitrogens is 2. The van der Waals surface area contributed by atoms with Crippen molar-refractivity contribution in [3.05, 3.63) is 53.1 Å². The number of phenolic OH excluding ortho intramolecular Hbond substituents is 1. The lowest BCUT2D eigenvalue weighted by Crippen LogP contribution is -2.48. The van der Waals surface area contributed by atoms with Crippen LogP contribution in [0.25, 0.3) is 22.9 Å². The van der Waals surface area contributed by atoms with Crippen molar-refractivity contribution < 1.29 is 14.6 Å². The first-order valence-electron chi connectivity index (χ1n) is 8.60. The summed E-state index contributed by atoms with van der Waals surface area (Å²) in [5.41, 5.74) is 9.40. The molecular weight excluding hydrogens is 344 g/mol. The Morgan fingerprint density at radius 3 is 2.52 bits per heavy atom. The molecule has 7 nitrogen and oxygen atoms in total. The fourth-order valence-electron chi connectivity index (χ4n) is 3.37. The number of aliphatic hydroxyl groups excluding tert-OH is 1. The topological polar surface area (TPSA) is 129 Å². The largest absolute Gasteiger partial charge is 0.507 e. The van der Waals surface area contributed by atoms with Gasteiger partial charge in [-0.1, -0.05) is 6.07 Å². The summed E-state index contributed by atoms with van der Waals surface area (Å²) in [6, 6.07) is 12.4. The lowest BCUT2D eigenvalue weighted by molar-refractivity contribution is 0.181. The molecule has 1 atom stereocenters. The van der Waals surface area contributed by atoms with E-state index in [1.807, 2.05) is 24.3 Å². The first kappa shape index (κ1) is 17.2. The van der Waals surface area contributed by atoms with Crippen molar-refractivity contribution in [3.63, 3.8) is 0 Å². The highest BCUT2D eigenvalue weighted by Gasteiger charge is 2.30. The van der Waals surface area contributed by atoms with Gasteiger partial charge in [-0.05, 0) is 60.7 Å². The molecule has 1 aliphatic rings. The highest BCUT2D eigenvalue weighted by atomic mass is 16.4. The lowest BCUT2D eigenvalue weighted by Gasteiger charge is -2.33. The van der Waals surface area contributed by atoms with Crippen LogP contribution in [0.4, 0.5) is 0 Å². The van der Waals surface area contributed by atoms with E-state index in [9.17, 15) is 10.2 Å². The maximum Gasteiger partial charge on any atom is 0.248 e. The van der Waals surface area contributed by atoms with Gasteiger partial charge in [-0.15, -0.1) is 10.2 Å². The molecule has 0 amide bonds. The molecule has 0 radical (unpaired) electrons.